The molecule has 0 spiro atoms. The van der Waals surface area contributed by atoms with Crippen molar-refractivity contribution < 1.29 is 9.59 Å². The molecule has 2 aromatic carbocycles. The summed E-state index contributed by atoms with van der Waals surface area (Å²) in [5.74, 6) is -0.469. The van der Waals surface area contributed by atoms with Crippen molar-refractivity contribution in [1.82, 2.24) is 9.55 Å². The topological polar surface area (TPSA) is 93.1 Å². The van der Waals surface area contributed by atoms with Gasteiger partial charge in [0.2, 0.25) is 0 Å². The summed E-state index contributed by atoms with van der Waals surface area (Å²) in [6.45, 7) is 0. The van der Waals surface area contributed by atoms with Crippen LogP contribution in [0.25, 0.3) is 5.69 Å². The summed E-state index contributed by atoms with van der Waals surface area (Å²) in [5.41, 5.74) is 1.49. The molecule has 0 atom stereocenters. The van der Waals surface area contributed by atoms with Crippen LogP contribution in [0.2, 0.25) is 5.02 Å². The molecular weight excluding hydrogens is 428 g/mol. The lowest BCUT2D eigenvalue weighted by Gasteiger charge is -2.12. The number of amides is 2. The Morgan fingerprint density at radius 3 is 2.28 bits per heavy atom. The molecule has 0 aliphatic carbocycles. The maximum absolute atomic E-state index is 12.8. The minimum absolute atomic E-state index is 0.167. The van der Waals surface area contributed by atoms with Crippen molar-refractivity contribution in [2.24, 2.45) is 0 Å². The number of aromatic nitrogens is 2. The van der Waals surface area contributed by atoms with Crippen LogP contribution in [0.4, 0.5) is 11.5 Å². The lowest BCUT2D eigenvalue weighted by atomic mass is 10.1. The Bertz CT molecular complexity index is 1330. The van der Waals surface area contributed by atoms with Crippen molar-refractivity contribution in [3.63, 3.8) is 0 Å². The third-order valence-corrected chi connectivity index (χ3v) is 4.84. The molecule has 2 N–H and O–H groups in total. The number of hydrogen-bond donors (Lipinski definition) is 2. The number of carbonyl (C=O) groups excluding carboxylic acids is 2. The Kier molecular flexibility index (Phi) is 6.10. The second-order valence-corrected chi connectivity index (χ2v) is 7.21. The van der Waals surface area contributed by atoms with Gasteiger partial charge in [-0.15, -0.1) is 0 Å². The van der Waals surface area contributed by atoms with E-state index in [1.807, 2.05) is 0 Å². The SMILES string of the molecule is O=C(Nc1ccccc1C(=O)Nc1ccc(Cl)cn1)c1ccc(-n2ccccc2=O)cc1. The van der Waals surface area contributed by atoms with Gasteiger partial charge in [-0.05, 0) is 54.6 Å². The van der Waals surface area contributed by atoms with Gasteiger partial charge in [0.05, 0.1) is 16.3 Å². The van der Waals surface area contributed by atoms with Crippen molar-refractivity contribution in [2.75, 3.05) is 10.6 Å². The summed E-state index contributed by atoms with van der Waals surface area (Å²) < 4.78 is 1.48. The number of nitrogens with zero attached hydrogens (tertiary/aromatic N) is 2. The monoisotopic (exact) mass is 444 g/mol. The Morgan fingerprint density at radius 2 is 1.56 bits per heavy atom. The highest BCUT2D eigenvalue weighted by Gasteiger charge is 2.15. The van der Waals surface area contributed by atoms with Gasteiger partial charge in [-0.3, -0.25) is 19.0 Å². The molecule has 8 heteroatoms. The van der Waals surface area contributed by atoms with Crippen LogP contribution in [0, 0.1) is 0 Å². The van der Waals surface area contributed by atoms with Crippen molar-refractivity contribution in [1.29, 1.82) is 0 Å². The van der Waals surface area contributed by atoms with Crippen molar-refractivity contribution in [3.05, 3.63) is 118 Å². The summed E-state index contributed by atoms with van der Waals surface area (Å²) >= 11 is 5.82. The van der Waals surface area contributed by atoms with Crippen LogP contribution in [0.3, 0.4) is 0 Å². The molecule has 2 aromatic heterocycles. The van der Waals surface area contributed by atoms with E-state index in [0.29, 0.717) is 27.8 Å². The molecule has 0 aliphatic rings. The van der Waals surface area contributed by atoms with E-state index in [1.54, 1.807) is 79.0 Å². The summed E-state index contributed by atoms with van der Waals surface area (Å²) in [6, 6.07) is 21.3. The normalized spacial score (nSPS) is 10.4. The highest BCUT2D eigenvalue weighted by atomic mass is 35.5. The average molecular weight is 445 g/mol. The van der Waals surface area contributed by atoms with Crippen LogP contribution in [-0.2, 0) is 0 Å². The largest absolute Gasteiger partial charge is 0.321 e. The predicted molar refractivity (Wildman–Crippen MR) is 124 cm³/mol. The van der Waals surface area contributed by atoms with Crippen molar-refractivity contribution >= 4 is 34.9 Å². The first-order valence-electron chi connectivity index (χ1n) is 9.63. The van der Waals surface area contributed by atoms with Crippen molar-refractivity contribution in [2.45, 2.75) is 0 Å². The quantitative estimate of drug-likeness (QED) is 0.477. The van der Waals surface area contributed by atoms with Crippen molar-refractivity contribution in [3.8, 4) is 5.69 Å². The van der Waals surface area contributed by atoms with Gasteiger partial charge in [0.25, 0.3) is 17.4 Å². The number of benzene rings is 2. The standard InChI is InChI=1S/C24H17ClN4O3/c25-17-10-13-21(26-15-17)28-24(32)19-5-1-2-6-20(19)27-23(31)16-8-11-18(12-9-16)29-14-4-3-7-22(29)30/h1-15H,(H,27,31)(H,26,28,32). The Balaban J connectivity index is 1.51. The first-order chi connectivity index (χ1) is 15.5. The van der Waals surface area contributed by atoms with Gasteiger partial charge >= 0.3 is 0 Å². The van der Waals surface area contributed by atoms with E-state index in [-0.39, 0.29) is 17.0 Å². The molecule has 32 heavy (non-hydrogen) atoms. The molecule has 2 heterocycles. The molecule has 4 aromatic rings. The Morgan fingerprint density at radius 1 is 0.812 bits per heavy atom. The van der Waals surface area contributed by atoms with Crippen LogP contribution in [0.1, 0.15) is 20.7 Å². The Hall–Kier alpha value is -4.23. The number of halogens is 1. The second kappa shape index (κ2) is 9.28. The van der Waals surface area contributed by atoms with E-state index in [0.717, 1.165) is 0 Å². The second-order valence-electron chi connectivity index (χ2n) is 6.77. The Labute approximate surface area is 188 Å². The van der Waals surface area contributed by atoms with E-state index in [1.165, 1.54) is 16.8 Å². The summed E-state index contributed by atoms with van der Waals surface area (Å²) in [7, 11) is 0. The zero-order valence-corrected chi connectivity index (χ0v) is 17.4. The van der Waals surface area contributed by atoms with E-state index in [2.05, 4.69) is 15.6 Å². The van der Waals surface area contributed by atoms with Gasteiger partial charge in [-0.1, -0.05) is 29.8 Å². The van der Waals surface area contributed by atoms with Gasteiger partial charge < -0.3 is 10.6 Å². The number of rotatable bonds is 5. The fraction of sp³-hybridized carbons (Fsp3) is 0. The maximum Gasteiger partial charge on any atom is 0.258 e. The van der Waals surface area contributed by atoms with Crippen LogP contribution < -0.4 is 16.2 Å². The van der Waals surface area contributed by atoms with E-state index in [4.69, 9.17) is 11.6 Å². The zero-order chi connectivity index (χ0) is 22.5. The molecule has 158 valence electrons. The highest BCUT2D eigenvalue weighted by Crippen LogP contribution is 2.19. The number of anilines is 2. The van der Waals surface area contributed by atoms with E-state index >= 15 is 0 Å². The lowest BCUT2D eigenvalue weighted by molar-refractivity contribution is 0.102. The minimum Gasteiger partial charge on any atom is -0.321 e. The van der Waals surface area contributed by atoms with Crippen LogP contribution >= 0.6 is 11.6 Å². The van der Waals surface area contributed by atoms with Crippen LogP contribution in [0.5, 0.6) is 0 Å². The van der Waals surface area contributed by atoms with Crippen LogP contribution in [0.15, 0.2) is 96.1 Å². The summed E-state index contributed by atoms with van der Waals surface area (Å²) in [5, 5.41) is 5.90. The molecule has 0 unspecified atom stereocenters. The number of pyridine rings is 2. The van der Waals surface area contributed by atoms with E-state index < -0.39 is 5.91 Å². The van der Waals surface area contributed by atoms with Gasteiger partial charge in [0.1, 0.15) is 5.82 Å². The molecule has 0 bridgehead atoms. The number of para-hydroxylation sites is 1. The fourth-order valence-corrected chi connectivity index (χ4v) is 3.14. The first-order valence-corrected chi connectivity index (χ1v) is 10.0. The smallest absolute Gasteiger partial charge is 0.258 e. The van der Waals surface area contributed by atoms with Gasteiger partial charge in [-0.25, -0.2) is 4.98 Å². The zero-order valence-electron chi connectivity index (χ0n) is 16.7. The first kappa shape index (κ1) is 21.0. The fourth-order valence-electron chi connectivity index (χ4n) is 3.03. The third kappa shape index (κ3) is 4.74. The molecule has 7 nitrogen and oxygen atoms in total. The van der Waals surface area contributed by atoms with E-state index in [9.17, 15) is 14.4 Å². The molecule has 0 radical (unpaired) electrons. The predicted octanol–water partition coefficient (Wildman–Crippen LogP) is 4.39. The van der Waals surface area contributed by atoms with Gasteiger partial charge in [0.15, 0.2) is 0 Å². The minimum atomic E-state index is -0.422. The maximum atomic E-state index is 12.8. The van der Waals surface area contributed by atoms with Crippen LogP contribution in [-0.4, -0.2) is 21.4 Å². The highest BCUT2D eigenvalue weighted by molar-refractivity contribution is 6.30. The molecule has 4 rings (SSSR count). The van der Waals surface area contributed by atoms with Gasteiger partial charge in [0, 0.05) is 29.7 Å². The van der Waals surface area contributed by atoms with Gasteiger partial charge in [-0.2, -0.15) is 0 Å². The molecule has 0 saturated carbocycles. The molecule has 0 aliphatic heterocycles. The molecular formula is C24H17ClN4O3. The summed E-state index contributed by atoms with van der Waals surface area (Å²) in [6.07, 6.45) is 3.08. The molecule has 0 fully saturated rings. The number of carbonyl (C=O) groups is 2. The molecule has 0 saturated heterocycles. The average Bonchev–Trinajstić information content (AvgIpc) is 2.81. The number of hydrogen-bond acceptors (Lipinski definition) is 4. The lowest BCUT2D eigenvalue weighted by Crippen LogP contribution is -2.19. The number of nitrogens with one attached hydrogen (secondary N) is 2. The third-order valence-electron chi connectivity index (χ3n) is 4.62. The molecule has 2 amide bonds. The summed E-state index contributed by atoms with van der Waals surface area (Å²) in [4.78, 5) is 41.5.